The SMILES string of the molecule is CC1(C(=O)NC2CCCC2C(=O)O)CCCNC1. The van der Waals surface area contributed by atoms with Gasteiger partial charge in [0.15, 0.2) is 0 Å². The van der Waals surface area contributed by atoms with Crippen molar-refractivity contribution in [2.45, 2.75) is 45.1 Å². The molecule has 1 saturated heterocycles. The molecule has 18 heavy (non-hydrogen) atoms. The van der Waals surface area contributed by atoms with Crippen molar-refractivity contribution >= 4 is 11.9 Å². The summed E-state index contributed by atoms with van der Waals surface area (Å²) < 4.78 is 0. The summed E-state index contributed by atoms with van der Waals surface area (Å²) in [5, 5.41) is 15.3. The molecule has 5 nitrogen and oxygen atoms in total. The van der Waals surface area contributed by atoms with Gasteiger partial charge in [0.1, 0.15) is 0 Å². The van der Waals surface area contributed by atoms with Crippen LogP contribution in [0.25, 0.3) is 0 Å². The van der Waals surface area contributed by atoms with Crippen LogP contribution < -0.4 is 10.6 Å². The highest BCUT2D eigenvalue weighted by atomic mass is 16.4. The fourth-order valence-electron chi connectivity index (χ4n) is 3.02. The number of nitrogens with one attached hydrogen (secondary N) is 2. The molecule has 1 amide bonds. The molecule has 0 aromatic carbocycles. The Morgan fingerprint density at radius 2 is 2.11 bits per heavy atom. The van der Waals surface area contributed by atoms with E-state index in [0.717, 1.165) is 32.2 Å². The number of hydrogen-bond donors (Lipinski definition) is 3. The molecule has 3 N–H and O–H groups in total. The lowest BCUT2D eigenvalue weighted by molar-refractivity contribution is -0.142. The molecule has 0 radical (unpaired) electrons. The molecule has 102 valence electrons. The number of carboxylic acid groups (broad SMARTS) is 1. The fraction of sp³-hybridized carbons (Fsp3) is 0.846. The van der Waals surface area contributed by atoms with Gasteiger partial charge in [0.25, 0.3) is 0 Å². The zero-order valence-electron chi connectivity index (χ0n) is 10.9. The van der Waals surface area contributed by atoms with Gasteiger partial charge in [0, 0.05) is 12.6 Å². The Balaban J connectivity index is 1.96. The summed E-state index contributed by atoms with van der Waals surface area (Å²) >= 11 is 0. The number of rotatable bonds is 3. The van der Waals surface area contributed by atoms with Gasteiger partial charge in [-0.3, -0.25) is 9.59 Å². The molecule has 0 bridgehead atoms. The van der Waals surface area contributed by atoms with Crippen molar-refractivity contribution in [2.75, 3.05) is 13.1 Å². The van der Waals surface area contributed by atoms with E-state index in [2.05, 4.69) is 10.6 Å². The van der Waals surface area contributed by atoms with Crippen molar-refractivity contribution in [1.29, 1.82) is 0 Å². The van der Waals surface area contributed by atoms with E-state index in [9.17, 15) is 9.59 Å². The Labute approximate surface area is 107 Å². The van der Waals surface area contributed by atoms with Gasteiger partial charge >= 0.3 is 5.97 Å². The van der Waals surface area contributed by atoms with Gasteiger partial charge in [-0.1, -0.05) is 6.42 Å². The summed E-state index contributed by atoms with van der Waals surface area (Å²) in [5.41, 5.74) is -0.385. The first-order valence-corrected chi connectivity index (χ1v) is 6.77. The molecule has 5 heteroatoms. The Morgan fingerprint density at radius 1 is 1.33 bits per heavy atom. The van der Waals surface area contributed by atoms with Crippen LogP contribution in [0.4, 0.5) is 0 Å². The highest BCUT2D eigenvalue weighted by molar-refractivity contribution is 5.83. The fourth-order valence-corrected chi connectivity index (χ4v) is 3.02. The lowest BCUT2D eigenvalue weighted by Crippen LogP contribution is -2.52. The monoisotopic (exact) mass is 254 g/mol. The Hall–Kier alpha value is -1.10. The average Bonchev–Trinajstić information content (AvgIpc) is 2.78. The summed E-state index contributed by atoms with van der Waals surface area (Å²) in [5.74, 6) is -1.19. The minimum Gasteiger partial charge on any atom is -0.481 e. The summed E-state index contributed by atoms with van der Waals surface area (Å²) in [7, 11) is 0. The first-order valence-electron chi connectivity index (χ1n) is 6.77. The summed E-state index contributed by atoms with van der Waals surface area (Å²) in [4.78, 5) is 23.4. The van der Waals surface area contributed by atoms with E-state index in [0.29, 0.717) is 13.0 Å². The van der Waals surface area contributed by atoms with E-state index in [1.165, 1.54) is 0 Å². The molecule has 1 aliphatic heterocycles. The molecular formula is C13H22N2O3. The highest BCUT2D eigenvalue weighted by Crippen LogP contribution is 2.29. The topological polar surface area (TPSA) is 78.4 Å². The van der Waals surface area contributed by atoms with Crippen LogP contribution in [0, 0.1) is 11.3 Å². The van der Waals surface area contributed by atoms with Gasteiger partial charge in [-0.15, -0.1) is 0 Å². The average molecular weight is 254 g/mol. The Bertz CT molecular complexity index is 337. The number of hydrogen-bond acceptors (Lipinski definition) is 3. The second-order valence-electron chi connectivity index (χ2n) is 5.80. The van der Waals surface area contributed by atoms with E-state index in [1.54, 1.807) is 0 Å². The van der Waals surface area contributed by atoms with Gasteiger partial charge in [0.2, 0.25) is 5.91 Å². The second kappa shape index (κ2) is 5.26. The van der Waals surface area contributed by atoms with E-state index in [4.69, 9.17) is 5.11 Å². The van der Waals surface area contributed by atoms with Crippen LogP contribution in [0.3, 0.4) is 0 Å². The van der Waals surface area contributed by atoms with Crippen LogP contribution in [-0.2, 0) is 9.59 Å². The van der Waals surface area contributed by atoms with Crippen LogP contribution in [0.5, 0.6) is 0 Å². The first kappa shape index (κ1) is 13.3. The third-order valence-corrected chi connectivity index (χ3v) is 4.30. The lowest BCUT2D eigenvalue weighted by Gasteiger charge is -2.34. The number of aliphatic carboxylic acids is 1. The Morgan fingerprint density at radius 3 is 2.72 bits per heavy atom. The number of carbonyl (C=O) groups is 2. The van der Waals surface area contributed by atoms with Gasteiger partial charge < -0.3 is 15.7 Å². The highest BCUT2D eigenvalue weighted by Gasteiger charge is 2.39. The molecule has 0 aromatic rings. The van der Waals surface area contributed by atoms with Crippen molar-refractivity contribution in [3.63, 3.8) is 0 Å². The number of piperidine rings is 1. The number of carbonyl (C=O) groups excluding carboxylic acids is 1. The molecule has 1 heterocycles. The van der Waals surface area contributed by atoms with Crippen molar-refractivity contribution < 1.29 is 14.7 Å². The third kappa shape index (κ3) is 2.66. The van der Waals surface area contributed by atoms with Crippen molar-refractivity contribution in [2.24, 2.45) is 11.3 Å². The molecule has 0 aromatic heterocycles. The normalized spacial score (nSPS) is 36.3. The molecule has 0 spiro atoms. The van der Waals surface area contributed by atoms with Crippen molar-refractivity contribution in [3.8, 4) is 0 Å². The molecule has 3 atom stereocenters. The van der Waals surface area contributed by atoms with Crippen molar-refractivity contribution in [1.82, 2.24) is 10.6 Å². The van der Waals surface area contributed by atoms with E-state index >= 15 is 0 Å². The minimum absolute atomic E-state index is 0.00727. The van der Waals surface area contributed by atoms with Crippen LogP contribution in [0.15, 0.2) is 0 Å². The summed E-state index contributed by atoms with van der Waals surface area (Å²) in [6.07, 6.45) is 4.21. The first-order chi connectivity index (χ1) is 8.53. The summed E-state index contributed by atoms with van der Waals surface area (Å²) in [6.45, 7) is 3.60. The zero-order valence-corrected chi connectivity index (χ0v) is 10.9. The van der Waals surface area contributed by atoms with Crippen LogP contribution in [0.1, 0.15) is 39.0 Å². The molecule has 1 saturated carbocycles. The summed E-state index contributed by atoms with van der Waals surface area (Å²) in [6, 6.07) is -0.186. The van der Waals surface area contributed by atoms with E-state index in [1.807, 2.05) is 6.92 Å². The van der Waals surface area contributed by atoms with Gasteiger partial charge in [-0.05, 0) is 39.2 Å². The van der Waals surface area contributed by atoms with Crippen LogP contribution >= 0.6 is 0 Å². The number of amides is 1. The maximum Gasteiger partial charge on any atom is 0.308 e. The number of carboxylic acids is 1. The molecule has 3 unspecified atom stereocenters. The maximum atomic E-state index is 12.3. The van der Waals surface area contributed by atoms with E-state index in [-0.39, 0.29) is 17.4 Å². The zero-order chi connectivity index (χ0) is 13.2. The van der Waals surface area contributed by atoms with Gasteiger partial charge in [-0.2, -0.15) is 0 Å². The van der Waals surface area contributed by atoms with Crippen LogP contribution in [0.2, 0.25) is 0 Å². The van der Waals surface area contributed by atoms with Gasteiger partial charge in [0.05, 0.1) is 11.3 Å². The smallest absolute Gasteiger partial charge is 0.308 e. The molecule has 2 rings (SSSR count). The van der Waals surface area contributed by atoms with Gasteiger partial charge in [-0.25, -0.2) is 0 Å². The molecule has 2 fully saturated rings. The third-order valence-electron chi connectivity index (χ3n) is 4.30. The largest absolute Gasteiger partial charge is 0.481 e. The molecular weight excluding hydrogens is 232 g/mol. The predicted molar refractivity (Wildman–Crippen MR) is 67.1 cm³/mol. The van der Waals surface area contributed by atoms with E-state index < -0.39 is 11.9 Å². The second-order valence-corrected chi connectivity index (χ2v) is 5.80. The van der Waals surface area contributed by atoms with Crippen molar-refractivity contribution in [3.05, 3.63) is 0 Å². The predicted octanol–water partition coefficient (Wildman–Crippen LogP) is 0.746. The van der Waals surface area contributed by atoms with Crippen LogP contribution in [-0.4, -0.2) is 36.1 Å². The standard InChI is InChI=1S/C13H22N2O3/c1-13(6-3-7-14-8-13)12(18)15-10-5-2-4-9(10)11(16)17/h9-10,14H,2-8H2,1H3,(H,15,18)(H,16,17). The maximum absolute atomic E-state index is 12.3. The minimum atomic E-state index is -0.787. The quantitative estimate of drug-likeness (QED) is 0.694. The molecule has 2 aliphatic rings. The molecule has 1 aliphatic carbocycles. The lowest BCUT2D eigenvalue weighted by atomic mass is 9.81. The Kier molecular flexibility index (Phi) is 3.90.